The predicted molar refractivity (Wildman–Crippen MR) is 118 cm³/mol. The maximum Gasteiger partial charge on any atom is 0.242 e. The van der Waals surface area contributed by atoms with Crippen LogP contribution in [0.25, 0.3) is 0 Å². The molecule has 0 aliphatic carbocycles. The summed E-state index contributed by atoms with van der Waals surface area (Å²) < 4.78 is 0. The molecular formula is C25H34N2O2. The van der Waals surface area contributed by atoms with Crippen molar-refractivity contribution >= 4 is 11.8 Å². The summed E-state index contributed by atoms with van der Waals surface area (Å²) in [5.41, 5.74) is 3.35. The first kappa shape index (κ1) is 22.7. The molecule has 1 N–H and O–H groups in total. The average Bonchev–Trinajstić information content (AvgIpc) is 2.72. The SMILES string of the molecule is CC[C@@H](C(=O)NCC(C)C)N(Cc1ccc(C)cc1)C(=O)CCc1ccccc1. The van der Waals surface area contributed by atoms with E-state index in [2.05, 4.69) is 19.2 Å². The molecule has 156 valence electrons. The van der Waals surface area contributed by atoms with Crippen LogP contribution >= 0.6 is 0 Å². The van der Waals surface area contributed by atoms with Crippen LogP contribution in [0, 0.1) is 12.8 Å². The summed E-state index contributed by atoms with van der Waals surface area (Å²) in [7, 11) is 0. The van der Waals surface area contributed by atoms with E-state index in [4.69, 9.17) is 0 Å². The first-order chi connectivity index (χ1) is 13.9. The average molecular weight is 395 g/mol. The summed E-state index contributed by atoms with van der Waals surface area (Å²) in [6.07, 6.45) is 1.66. The smallest absolute Gasteiger partial charge is 0.242 e. The molecule has 0 aliphatic heterocycles. The third-order valence-corrected chi connectivity index (χ3v) is 5.01. The Kier molecular flexibility index (Phi) is 8.91. The Labute approximate surface area is 175 Å². The van der Waals surface area contributed by atoms with E-state index in [1.807, 2.05) is 68.4 Å². The third kappa shape index (κ3) is 7.37. The number of carbonyl (C=O) groups is 2. The monoisotopic (exact) mass is 394 g/mol. The topological polar surface area (TPSA) is 49.4 Å². The van der Waals surface area contributed by atoms with E-state index in [-0.39, 0.29) is 11.8 Å². The summed E-state index contributed by atoms with van der Waals surface area (Å²) in [4.78, 5) is 27.8. The van der Waals surface area contributed by atoms with Crippen molar-refractivity contribution in [1.29, 1.82) is 0 Å². The molecule has 0 saturated carbocycles. The van der Waals surface area contributed by atoms with Gasteiger partial charge in [-0.15, -0.1) is 0 Å². The van der Waals surface area contributed by atoms with Crippen LogP contribution in [0.1, 0.15) is 50.3 Å². The second-order valence-electron chi connectivity index (χ2n) is 8.06. The van der Waals surface area contributed by atoms with Crippen LogP contribution in [0.4, 0.5) is 0 Å². The van der Waals surface area contributed by atoms with Gasteiger partial charge < -0.3 is 10.2 Å². The second-order valence-corrected chi connectivity index (χ2v) is 8.06. The number of nitrogens with zero attached hydrogens (tertiary/aromatic N) is 1. The summed E-state index contributed by atoms with van der Waals surface area (Å²) in [5.74, 6) is 0.318. The summed E-state index contributed by atoms with van der Waals surface area (Å²) in [6, 6.07) is 17.7. The number of carbonyl (C=O) groups excluding carboxylic acids is 2. The van der Waals surface area contributed by atoms with Gasteiger partial charge in [-0.25, -0.2) is 0 Å². The zero-order chi connectivity index (χ0) is 21.2. The molecule has 0 unspecified atom stereocenters. The van der Waals surface area contributed by atoms with Crippen LogP contribution < -0.4 is 5.32 Å². The van der Waals surface area contributed by atoms with E-state index < -0.39 is 6.04 Å². The molecule has 0 heterocycles. The van der Waals surface area contributed by atoms with Crippen molar-refractivity contribution in [3.63, 3.8) is 0 Å². The standard InChI is InChI=1S/C25H34N2O2/c1-5-23(25(29)26-17-19(2)3)27(18-22-13-11-20(4)12-14-22)24(28)16-15-21-9-7-6-8-10-21/h6-14,19,23H,5,15-18H2,1-4H3,(H,26,29)/t23-/m0/s1. The quantitative estimate of drug-likeness (QED) is 0.645. The van der Waals surface area contributed by atoms with Gasteiger partial charge in [-0.2, -0.15) is 0 Å². The van der Waals surface area contributed by atoms with Gasteiger partial charge in [0.1, 0.15) is 6.04 Å². The molecule has 0 radical (unpaired) electrons. The molecule has 4 heteroatoms. The lowest BCUT2D eigenvalue weighted by molar-refractivity contribution is -0.141. The zero-order valence-electron chi connectivity index (χ0n) is 18.2. The summed E-state index contributed by atoms with van der Waals surface area (Å²) in [5, 5.41) is 3.00. The van der Waals surface area contributed by atoms with Gasteiger partial charge in [0.2, 0.25) is 11.8 Å². The molecule has 0 bridgehead atoms. The van der Waals surface area contributed by atoms with Gasteiger partial charge in [0.25, 0.3) is 0 Å². The molecule has 1 atom stereocenters. The minimum atomic E-state index is -0.460. The van der Waals surface area contributed by atoms with Gasteiger partial charge in [-0.05, 0) is 36.8 Å². The van der Waals surface area contributed by atoms with Crippen LogP contribution in [0.5, 0.6) is 0 Å². The third-order valence-electron chi connectivity index (χ3n) is 5.01. The van der Waals surface area contributed by atoms with Crippen LogP contribution in [0.3, 0.4) is 0 Å². The van der Waals surface area contributed by atoms with Gasteiger partial charge in [-0.1, -0.05) is 80.9 Å². The lowest BCUT2D eigenvalue weighted by Gasteiger charge is -2.31. The summed E-state index contributed by atoms with van der Waals surface area (Å²) >= 11 is 0. The number of hydrogen-bond acceptors (Lipinski definition) is 2. The van der Waals surface area contributed by atoms with Crippen molar-refractivity contribution in [3.05, 3.63) is 71.3 Å². The zero-order valence-corrected chi connectivity index (χ0v) is 18.2. The number of rotatable bonds is 10. The van der Waals surface area contributed by atoms with E-state index in [9.17, 15) is 9.59 Å². The van der Waals surface area contributed by atoms with Crippen molar-refractivity contribution in [2.45, 2.75) is 59.5 Å². The highest BCUT2D eigenvalue weighted by molar-refractivity contribution is 5.87. The Hall–Kier alpha value is -2.62. The fourth-order valence-corrected chi connectivity index (χ4v) is 3.27. The van der Waals surface area contributed by atoms with Crippen LogP contribution in [0.15, 0.2) is 54.6 Å². The molecule has 0 aliphatic rings. The highest BCUT2D eigenvalue weighted by Crippen LogP contribution is 2.16. The lowest BCUT2D eigenvalue weighted by atomic mass is 10.1. The Morgan fingerprint density at radius 1 is 0.966 bits per heavy atom. The van der Waals surface area contributed by atoms with E-state index in [1.54, 1.807) is 4.90 Å². The molecule has 4 nitrogen and oxygen atoms in total. The largest absolute Gasteiger partial charge is 0.354 e. The van der Waals surface area contributed by atoms with Crippen LogP contribution in [-0.4, -0.2) is 29.3 Å². The van der Waals surface area contributed by atoms with Crippen LogP contribution in [0.2, 0.25) is 0 Å². The van der Waals surface area contributed by atoms with E-state index in [0.29, 0.717) is 38.3 Å². The molecule has 2 rings (SSSR count). The Balaban J connectivity index is 2.16. The minimum Gasteiger partial charge on any atom is -0.354 e. The Morgan fingerprint density at radius 2 is 1.62 bits per heavy atom. The second kappa shape index (κ2) is 11.4. The number of benzene rings is 2. The Morgan fingerprint density at radius 3 is 2.21 bits per heavy atom. The molecule has 2 aromatic rings. The molecule has 29 heavy (non-hydrogen) atoms. The number of amides is 2. The first-order valence-electron chi connectivity index (χ1n) is 10.6. The van der Waals surface area contributed by atoms with Crippen LogP contribution in [-0.2, 0) is 22.6 Å². The van der Waals surface area contributed by atoms with Crippen molar-refractivity contribution in [2.24, 2.45) is 5.92 Å². The Bertz CT molecular complexity index is 769. The van der Waals surface area contributed by atoms with Crippen molar-refractivity contribution in [3.8, 4) is 0 Å². The first-order valence-corrected chi connectivity index (χ1v) is 10.6. The molecule has 0 saturated heterocycles. The van der Waals surface area contributed by atoms with E-state index in [0.717, 1.165) is 11.1 Å². The number of aryl methyl sites for hydroxylation is 2. The molecular weight excluding hydrogens is 360 g/mol. The number of nitrogens with one attached hydrogen (secondary N) is 1. The predicted octanol–water partition coefficient (Wildman–Crippen LogP) is 4.51. The van der Waals surface area contributed by atoms with Gasteiger partial charge in [-0.3, -0.25) is 9.59 Å². The maximum atomic E-state index is 13.2. The van der Waals surface area contributed by atoms with E-state index in [1.165, 1.54) is 5.56 Å². The highest BCUT2D eigenvalue weighted by atomic mass is 16.2. The van der Waals surface area contributed by atoms with Gasteiger partial charge >= 0.3 is 0 Å². The molecule has 2 aromatic carbocycles. The normalized spacial score (nSPS) is 11.9. The van der Waals surface area contributed by atoms with Gasteiger partial charge in [0, 0.05) is 19.5 Å². The number of hydrogen-bond donors (Lipinski definition) is 1. The maximum absolute atomic E-state index is 13.2. The molecule has 0 spiro atoms. The van der Waals surface area contributed by atoms with E-state index >= 15 is 0 Å². The minimum absolute atomic E-state index is 0.0148. The molecule has 2 amide bonds. The van der Waals surface area contributed by atoms with Crippen molar-refractivity contribution in [1.82, 2.24) is 10.2 Å². The van der Waals surface area contributed by atoms with Crippen molar-refractivity contribution in [2.75, 3.05) is 6.54 Å². The van der Waals surface area contributed by atoms with Gasteiger partial charge in [0.05, 0.1) is 0 Å². The lowest BCUT2D eigenvalue weighted by Crippen LogP contribution is -2.49. The van der Waals surface area contributed by atoms with Crippen molar-refractivity contribution < 1.29 is 9.59 Å². The fraction of sp³-hybridized carbons (Fsp3) is 0.440. The van der Waals surface area contributed by atoms with Gasteiger partial charge in [0.15, 0.2) is 0 Å². The fourth-order valence-electron chi connectivity index (χ4n) is 3.27. The molecule has 0 aromatic heterocycles. The molecule has 0 fully saturated rings. The summed E-state index contributed by atoms with van der Waals surface area (Å²) in [6.45, 7) is 9.20. The highest BCUT2D eigenvalue weighted by Gasteiger charge is 2.28.